The van der Waals surface area contributed by atoms with Crippen molar-refractivity contribution in [2.24, 2.45) is 5.73 Å². The Morgan fingerprint density at radius 3 is 2.49 bits per heavy atom. The fourth-order valence-electron chi connectivity index (χ4n) is 3.21. The highest BCUT2D eigenvalue weighted by Crippen LogP contribution is 2.33. The number of nitrogens with one attached hydrogen (secondary N) is 1. The van der Waals surface area contributed by atoms with Gasteiger partial charge in [-0.05, 0) is 30.3 Å². The number of carbonyl (C=O) groups is 1. The van der Waals surface area contributed by atoms with Crippen molar-refractivity contribution >= 4 is 16.8 Å². The maximum atomic E-state index is 13.8. The largest absolute Gasteiger partial charge is 0.439 e. The molecule has 0 aliphatic rings. The average molecular weight is 494 g/mol. The third-order valence-electron chi connectivity index (χ3n) is 4.81. The minimum atomic E-state index is -4.60. The molecule has 0 bridgehead atoms. The van der Waals surface area contributed by atoms with Crippen molar-refractivity contribution in [1.29, 1.82) is 0 Å². The molecule has 4 N–H and O–H groups in total. The van der Waals surface area contributed by atoms with Gasteiger partial charge in [-0.1, -0.05) is 12.1 Å². The first-order valence-corrected chi connectivity index (χ1v) is 10.0. The number of aromatic nitrogens is 2. The number of oxazole rings is 1. The van der Waals surface area contributed by atoms with Crippen molar-refractivity contribution in [2.45, 2.75) is 19.3 Å². The van der Waals surface area contributed by atoms with Gasteiger partial charge in [0.25, 0.3) is 5.91 Å². The highest BCUT2D eigenvalue weighted by Gasteiger charge is 2.32. The molecule has 2 aromatic heterocycles. The van der Waals surface area contributed by atoms with E-state index in [2.05, 4.69) is 15.3 Å². The summed E-state index contributed by atoms with van der Waals surface area (Å²) < 4.78 is 71.4. The van der Waals surface area contributed by atoms with E-state index in [1.807, 2.05) is 0 Å². The number of benzene rings is 2. The maximum Gasteiger partial charge on any atom is 0.433 e. The van der Waals surface area contributed by atoms with Gasteiger partial charge in [0.15, 0.2) is 11.5 Å². The van der Waals surface area contributed by atoms with Crippen LogP contribution in [0.1, 0.15) is 27.5 Å². The molecule has 184 valence electrons. The summed E-state index contributed by atoms with van der Waals surface area (Å²) in [6, 6.07) is 9.47. The lowest BCUT2D eigenvalue weighted by Gasteiger charge is -2.08. The monoisotopic (exact) mass is 494 g/mol. The molecule has 0 fully saturated rings. The first-order valence-electron chi connectivity index (χ1n) is 10.0. The molecule has 0 saturated heterocycles. The molecule has 4 rings (SSSR count). The van der Waals surface area contributed by atoms with Crippen molar-refractivity contribution in [1.82, 2.24) is 15.3 Å². The molecular weight excluding hydrogens is 475 g/mol. The highest BCUT2D eigenvalue weighted by molar-refractivity contribution is 5.96. The van der Waals surface area contributed by atoms with E-state index in [0.717, 1.165) is 19.2 Å². The van der Waals surface area contributed by atoms with Crippen molar-refractivity contribution in [3.63, 3.8) is 0 Å². The standard InChI is InChI=1S/C22H15F5N4O2.CH4O/c23-12-5-4-11(15(24)8-12)10-29-20(32)19-17(9-28)33-21(31-19)14-2-1-3-16-13(14)6-7-18(30-16)22(25,26)27;1-2/h1-8H,9-10,28H2,(H,29,32);2H,1H3. The minimum absolute atomic E-state index is 0.0268. The Morgan fingerprint density at radius 1 is 1.09 bits per heavy atom. The molecule has 0 atom stereocenters. The zero-order valence-corrected chi connectivity index (χ0v) is 18.2. The summed E-state index contributed by atoms with van der Waals surface area (Å²) in [5, 5.41) is 9.79. The molecule has 0 saturated carbocycles. The van der Waals surface area contributed by atoms with Crippen LogP contribution in [0, 0.1) is 11.6 Å². The molecule has 0 aliphatic heterocycles. The van der Waals surface area contributed by atoms with Gasteiger partial charge in [0.05, 0.1) is 12.1 Å². The Morgan fingerprint density at radius 2 is 1.83 bits per heavy atom. The van der Waals surface area contributed by atoms with Crippen molar-refractivity contribution in [3.05, 3.63) is 82.9 Å². The number of carbonyl (C=O) groups excluding carboxylic acids is 1. The number of aliphatic hydroxyl groups is 1. The van der Waals surface area contributed by atoms with E-state index in [4.69, 9.17) is 15.3 Å². The number of alkyl halides is 3. The SMILES string of the molecule is CO.NCc1oc(-c2cccc3nc(C(F)(F)F)ccc23)nc1C(=O)NCc1ccc(F)cc1F. The lowest BCUT2D eigenvalue weighted by atomic mass is 10.1. The third kappa shape index (κ3) is 5.61. The molecule has 0 radical (unpaired) electrons. The second-order valence-corrected chi connectivity index (χ2v) is 6.98. The Bertz CT molecular complexity index is 1350. The van der Waals surface area contributed by atoms with Crippen molar-refractivity contribution < 1.29 is 36.3 Å². The summed E-state index contributed by atoms with van der Waals surface area (Å²) in [5.41, 5.74) is 4.88. The predicted octanol–water partition coefficient (Wildman–Crippen LogP) is 4.18. The molecule has 0 unspecified atom stereocenters. The summed E-state index contributed by atoms with van der Waals surface area (Å²) >= 11 is 0. The van der Waals surface area contributed by atoms with Crippen LogP contribution in [0.4, 0.5) is 22.0 Å². The van der Waals surface area contributed by atoms with Gasteiger partial charge in [0.2, 0.25) is 5.89 Å². The normalized spacial score (nSPS) is 11.2. The topological polar surface area (TPSA) is 114 Å². The number of nitrogens with zero attached hydrogens (tertiary/aromatic N) is 2. The molecule has 35 heavy (non-hydrogen) atoms. The number of amides is 1. The predicted molar refractivity (Wildman–Crippen MR) is 116 cm³/mol. The molecule has 0 aliphatic carbocycles. The molecular formula is C23H19F5N4O3. The zero-order valence-electron chi connectivity index (χ0n) is 18.2. The number of rotatable bonds is 5. The summed E-state index contributed by atoms with van der Waals surface area (Å²) in [7, 11) is 1.00. The Labute approximate surface area is 195 Å². The van der Waals surface area contributed by atoms with Crippen molar-refractivity contribution in [2.75, 3.05) is 7.11 Å². The third-order valence-corrected chi connectivity index (χ3v) is 4.81. The minimum Gasteiger partial charge on any atom is -0.439 e. The van der Waals surface area contributed by atoms with Crippen molar-refractivity contribution in [3.8, 4) is 11.5 Å². The van der Waals surface area contributed by atoms with E-state index in [1.54, 1.807) is 6.07 Å². The van der Waals surface area contributed by atoms with E-state index in [9.17, 15) is 26.7 Å². The van der Waals surface area contributed by atoms with Gasteiger partial charge < -0.3 is 20.6 Å². The van der Waals surface area contributed by atoms with Crippen LogP contribution in [0.5, 0.6) is 0 Å². The smallest absolute Gasteiger partial charge is 0.433 e. The van der Waals surface area contributed by atoms with Crippen LogP contribution in [0.2, 0.25) is 0 Å². The van der Waals surface area contributed by atoms with Crippen LogP contribution in [0.25, 0.3) is 22.4 Å². The van der Waals surface area contributed by atoms with Crippen LogP contribution < -0.4 is 11.1 Å². The maximum absolute atomic E-state index is 13.8. The molecule has 12 heteroatoms. The van der Waals surface area contributed by atoms with E-state index < -0.39 is 29.4 Å². The van der Waals surface area contributed by atoms with E-state index in [0.29, 0.717) is 17.0 Å². The molecule has 7 nitrogen and oxygen atoms in total. The summed E-state index contributed by atoms with van der Waals surface area (Å²) in [6.45, 7) is -0.433. The molecule has 1 amide bonds. The van der Waals surface area contributed by atoms with Gasteiger partial charge in [-0.15, -0.1) is 0 Å². The lowest BCUT2D eigenvalue weighted by Crippen LogP contribution is -2.25. The first kappa shape index (κ1) is 25.7. The number of nitrogens with two attached hydrogens (primary N) is 1. The zero-order chi connectivity index (χ0) is 25.8. The number of hydrogen-bond donors (Lipinski definition) is 3. The van der Waals surface area contributed by atoms with Gasteiger partial charge in [-0.2, -0.15) is 13.2 Å². The average Bonchev–Trinajstić information content (AvgIpc) is 3.28. The second kappa shape index (κ2) is 10.6. The van der Waals surface area contributed by atoms with Gasteiger partial charge in [0.1, 0.15) is 17.3 Å². The second-order valence-electron chi connectivity index (χ2n) is 6.98. The first-order chi connectivity index (χ1) is 16.7. The number of hydrogen-bond acceptors (Lipinski definition) is 6. The van der Waals surface area contributed by atoms with Crippen LogP contribution >= 0.6 is 0 Å². The Balaban J connectivity index is 0.00000167. The number of halogens is 5. The Kier molecular flexibility index (Phi) is 7.77. The van der Waals surface area contributed by atoms with Gasteiger partial charge in [0, 0.05) is 36.2 Å². The molecule has 4 aromatic rings. The lowest BCUT2D eigenvalue weighted by molar-refractivity contribution is -0.140. The summed E-state index contributed by atoms with van der Waals surface area (Å²) in [4.78, 5) is 20.4. The number of fused-ring (bicyclic) bond motifs is 1. The number of pyridine rings is 1. The molecule has 0 spiro atoms. The van der Waals surface area contributed by atoms with E-state index in [1.165, 1.54) is 24.3 Å². The van der Waals surface area contributed by atoms with E-state index in [-0.39, 0.29) is 41.5 Å². The highest BCUT2D eigenvalue weighted by atomic mass is 19.4. The fraction of sp³-hybridized carbons (Fsp3) is 0.174. The number of aliphatic hydroxyl groups excluding tert-OH is 1. The quantitative estimate of drug-likeness (QED) is 0.359. The summed E-state index contributed by atoms with van der Waals surface area (Å²) in [5.74, 6) is -2.30. The fourth-order valence-corrected chi connectivity index (χ4v) is 3.21. The van der Waals surface area contributed by atoms with Gasteiger partial charge >= 0.3 is 6.18 Å². The van der Waals surface area contributed by atoms with Crippen LogP contribution in [0.15, 0.2) is 52.9 Å². The molecule has 2 aromatic carbocycles. The van der Waals surface area contributed by atoms with Crippen LogP contribution in [-0.2, 0) is 19.3 Å². The summed E-state index contributed by atoms with van der Waals surface area (Å²) in [6.07, 6.45) is -4.60. The van der Waals surface area contributed by atoms with Gasteiger partial charge in [-0.3, -0.25) is 4.79 Å². The van der Waals surface area contributed by atoms with Crippen LogP contribution in [0.3, 0.4) is 0 Å². The van der Waals surface area contributed by atoms with Crippen LogP contribution in [-0.4, -0.2) is 28.1 Å². The van der Waals surface area contributed by atoms with Gasteiger partial charge in [-0.25, -0.2) is 18.7 Å². The van der Waals surface area contributed by atoms with E-state index >= 15 is 0 Å². The Hall–Kier alpha value is -3.90. The molecule has 2 heterocycles.